The molecule has 0 unspecified atom stereocenters. The van der Waals surface area contributed by atoms with E-state index < -0.39 is 6.10 Å². The molecule has 1 aliphatic heterocycles. The van der Waals surface area contributed by atoms with Gasteiger partial charge in [-0.3, -0.25) is 14.5 Å². The minimum Gasteiger partial charge on any atom is -0.391 e. The van der Waals surface area contributed by atoms with E-state index in [0.717, 1.165) is 23.0 Å². The molecule has 0 bridgehead atoms. The van der Waals surface area contributed by atoms with Crippen molar-refractivity contribution < 1.29 is 9.90 Å². The van der Waals surface area contributed by atoms with Gasteiger partial charge in [-0.05, 0) is 18.1 Å². The third-order valence-electron chi connectivity index (χ3n) is 4.94. The van der Waals surface area contributed by atoms with Crippen LogP contribution in [0.4, 0.5) is 0 Å². The summed E-state index contributed by atoms with van der Waals surface area (Å²) >= 11 is 0. The minimum atomic E-state index is -0.562. The zero-order chi connectivity index (χ0) is 17.4. The maximum absolute atomic E-state index is 12.8. The van der Waals surface area contributed by atoms with Crippen molar-refractivity contribution in [1.29, 1.82) is 0 Å². The zero-order valence-electron chi connectivity index (χ0n) is 14.0. The van der Waals surface area contributed by atoms with Crippen LogP contribution in [0.5, 0.6) is 0 Å². The average Bonchev–Trinajstić information content (AvgIpc) is 3.02. The predicted octanol–water partition coefficient (Wildman–Crippen LogP) is 1.96. The first-order chi connectivity index (χ1) is 12.1. The summed E-state index contributed by atoms with van der Waals surface area (Å²) < 4.78 is 1.70. The Kier molecular flexibility index (Phi) is 3.97. The number of pyridine rings is 1. The van der Waals surface area contributed by atoms with Gasteiger partial charge in [-0.25, -0.2) is 0 Å². The van der Waals surface area contributed by atoms with Gasteiger partial charge in [0.2, 0.25) is 0 Å². The standard InChI is InChI=1S/C19H20N4O2/c1-22-17-9-14(10-20-16(17)11-21-22)19(25)23-8-7-15(18(24)12-23)13-5-3-2-4-6-13/h2-6,9-11,15,18,24H,7-8,12H2,1H3/t15-,18-/m1/s1. The van der Waals surface area contributed by atoms with Gasteiger partial charge in [0.1, 0.15) is 5.52 Å². The summed E-state index contributed by atoms with van der Waals surface area (Å²) in [5.41, 5.74) is 3.24. The van der Waals surface area contributed by atoms with Gasteiger partial charge in [0.25, 0.3) is 5.91 Å². The first-order valence-corrected chi connectivity index (χ1v) is 8.43. The van der Waals surface area contributed by atoms with Crippen LogP contribution in [0.15, 0.2) is 48.8 Å². The summed E-state index contributed by atoms with van der Waals surface area (Å²) in [6.45, 7) is 0.959. The van der Waals surface area contributed by atoms with Gasteiger partial charge >= 0.3 is 0 Å². The SMILES string of the molecule is Cn1ncc2ncc(C(=O)N3CC[C@H](c4ccccc4)[C@H](O)C3)cc21. The van der Waals surface area contributed by atoms with Gasteiger partial charge in [0, 0.05) is 32.3 Å². The first-order valence-electron chi connectivity index (χ1n) is 8.43. The molecular formula is C19H20N4O2. The van der Waals surface area contributed by atoms with Gasteiger partial charge in [0.15, 0.2) is 0 Å². The molecule has 0 saturated carbocycles. The Morgan fingerprint density at radius 2 is 2.04 bits per heavy atom. The number of aromatic nitrogens is 3. The largest absolute Gasteiger partial charge is 0.391 e. The van der Waals surface area contributed by atoms with Gasteiger partial charge in [-0.2, -0.15) is 5.10 Å². The third-order valence-corrected chi connectivity index (χ3v) is 4.94. The number of amides is 1. The van der Waals surface area contributed by atoms with E-state index in [-0.39, 0.29) is 11.8 Å². The second-order valence-electron chi connectivity index (χ2n) is 6.52. The van der Waals surface area contributed by atoms with E-state index in [0.29, 0.717) is 18.7 Å². The Balaban J connectivity index is 1.52. The van der Waals surface area contributed by atoms with Crippen LogP contribution in [0.2, 0.25) is 0 Å². The number of aliphatic hydroxyl groups excluding tert-OH is 1. The zero-order valence-corrected chi connectivity index (χ0v) is 14.0. The molecule has 1 amide bonds. The summed E-state index contributed by atoms with van der Waals surface area (Å²) in [6, 6.07) is 11.8. The van der Waals surface area contributed by atoms with Crippen LogP contribution in [0.3, 0.4) is 0 Å². The van der Waals surface area contributed by atoms with Crippen molar-refractivity contribution in [1.82, 2.24) is 19.7 Å². The molecule has 25 heavy (non-hydrogen) atoms. The molecule has 2 atom stereocenters. The summed E-state index contributed by atoms with van der Waals surface area (Å²) in [5.74, 6) is -0.0240. The molecule has 2 aromatic heterocycles. The normalized spacial score (nSPS) is 20.8. The molecular weight excluding hydrogens is 316 g/mol. The number of fused-ring (bicyclic) bond motifs is 1. The number of hydrogen-bond donors (Lipinski definition) is 1. The summed E-state index contributed by atoms with van der Waals surface area (Å²) in [5, 5.41) is 14.7. The summed E-state index contributed by atoms with van der Waals surface area (Å²) in [4.78, 5) is 18.8. The lowest BCUT2D eigenvalue weighted by molar-refractivity contribution is 0.0382. The number of nitrogens with zero attached hydrogens (tertiary/aromatic N) is 4. The Morgan fingerprint density at radius 3 is 2.80 bits per heavy atom. The van der Waals surface area contributed by atoms with E-state index in [2.05, 4.69) is 10.1 Å². The van der Waals surface area contributed by atoms with E-state index in [1.54, 1.807) is 22.0 Å². The first kappa shape index (κ1) is 15.8. The molecule has 128 valence electrons. The molecule has 6 heteroatoms. The monoisotopic (exact) mass is 336 g/mol. The molecule has 0 spiro atoms. The molecule has 0 radical (unpaired) electrons. The molecule has 3 aromatic rings. The minimum absolute atomic E-state index is 0.0722. The van der Waals surface area contributed by atoms with Crippen LogP contribution < -0.4 is 0 Å². The quantitative estimate of drug-likeness (QED) is 0.776. The van der Waals surface area contributed by atoms with Crippen molar-refractivity contribution in [3.63, 3.8) is 0 Å². The van der Waals surface area contributed by atoms with Gasteiger partial charge in [0.05, 0.1) is 23.4 Å². The lowest BCUT2D eigenvalue weighted by Crippen LogP contribution is -2.45. The summed E-state index contributed by atoms with van der Waals surface area (Å²) in [6.07, 6.45) is 3.45. The third kappa shape index (κ3) is 2.89. The maximum Gasteiger partial charge on any atom is 0.255 e. The van der Waals surface area contributed by atoms with E-state index in [1.807, 2.05) is 43.4 Å². The smallest absolute Gasteiger partial charge is 0.255 e. The van der Waals surface area contributed by atoms with Crippen LogP contribution in [0.1, 0.15) is 28.3 Å². The highest BCUT2D eigenvalue weighted by Gasteiger charge is 2.31. The second kappa shape index (κ2) is 6.29. The molecule has 1 aromatic carbocycles. The number of aryl methyl sites for hydroxylation is 1. The van der Waals surface area contributed by atoms with Crippen LogP contribution >= 0.6 is 0 Å². The number of carbonyl (C=O) groups is 1. The van der Waals surface area contributed by atoms with E-state index in [9.17, 15) is 9.90 Å². The number of piperidine rings is 1. The van der Waals surface area contributed by atoms with Gasteiger partial charge in [-0.15, -0.1) is 0 Å². The Bertz CT molecular complexity index is 906. The lowest BCUT2D eigenvalue weighted by Gasteiger charge is -2.36. The van der Waals surface area contributed by atoms with Crippen molar-refractivity contribution in [3.8, 4) is 0 Å². The fourth-order valence-corrected chi connectivity index (χ4v) is 3.53. The van der Waals surface area contributed by atoms with Crippen LogP contribution in [0, 0.1) is 0 Å². The summed E-state index contributed by atoms with van der Waals surface area (Å²) in [7, 11) is 1.83. The van der Waals surface area contributed by atoms with E-state index in [4.69, 9.17) is 0 Å². The topological polar surface area (TPSA) is 71.2 Å². The van der Waals surface area contributed by atoms with Crippen LogP contribution in [0.25, 0.3) is 11.0 Å². The van der Waals surface area contributed by atoms with Gasteiger partial charge in [-0.1, -0.05) is 30.3 Å². The number of benzene rings is 1. The fourth-order valence-electron chi connectivity index (χ4n) is 3.53. The highest BCUT2D eigenvalue weighted by molar-refractivity contribution is 5.96. The number of β-amino-alcohol motifs (C(OH)–C–C–N with tert-alkyl or cyclic N) is 1. The second-order valence-corrected chi connectivity index (χ2v) is 6.52. The Labute approximate surface area is 145 Å². The van der Waals surface area contributed by atoms with Crippen LogP contribution in [-0.2, 0) is 7.05 Å². The molecule has 1 saturated heterocycles. The van der Waals surface area contributed by atoms with E-state index in [1.165, 1.54) is 0 Å². The molecule has 1 aliphatic rings. The lowest BCUT2D eigenvalue weighted by atomic mass is 9.87. The molecule has 6 nitrogen and oxygen atoms in total. The van der Waals surface area contributed by atoms with E-state index >= 15 is 0 Å². The molecule has 1 N–H and O–H groups in total. The number of rotatable bonds is 2. The highest BCUT2D eigenvalue weighted by atomic mass is 16.3. The van der Waals surface area contributed by atoms with Crippen molar-refractivity contribution in [3.05, 3.63) is 59.9 Å². The van der Waals surface area contributed by atoms with Crippen molar-refractivity contribution >= 4 is 16.9 Å². The molecule has 3 heterocycles. The maximum atomic E-state index is 12.8. The Hall–Kier alpha value is -2.73. The molecule has 0 aliphatic carbocycles. The fraction of sp³-hybridized carbons (Fsp3) is 0.316. The number of carbonyl (C=O) groups excluding carboxylic acids is 1. The number of likely N-dealkylation sites (tertiary alicyclic amines) is 1. The molecule has 4 rings (SSSR count). The predicted molar refractivity (Wildman–Crippen MR) is 94.2 cm³/mol. The Morgan fingerprint density at radius 1 is 1.24 bits per heavy atom. The van der Waals surface area contributed by atoms with Gasteiger partial charge < -0.3 is 10.0 Å². The van der Waals surface area contributed by atoms with Crippen molar-refractivity contribution in [2.45, 2.75) is 18.4 Å². The van der Waals surface area contributed by atoms with Crippen molar-refractivity contribution in [2.24, 2.45) is 7.05 Å². The number of aliphatic hydroxyl groups is 1. The number of hydrogen-bond acceptors (Lipinski definition) is 4. The molecule has 1 fully saturated rings. The average molecular weight is 336 g/mol. The van der Waals surface area contributed by atoms with Crippen molar-refractivity contribution in [2.75, 3.05) is 13.1 Å². The highest BCUT2D eigenvalue weighted by Crippen LogP contribution is 2.29. The van der Waals surface area contributed by atoms with Crippen LogP contribution in [-0.4, -0.2) is 49.9 Å².